The lowest BCUT2D eigenvalue weighted by Gasteiger charge is -2.11. The number of furan rings is 3. The zero-order valence-electron chi connectivity index (χ0n) is 49.9. The second kappa shape index (κ2) is 19.5. The first-order valence-corrected chi connectivity index (χ1v) is 32.3. The number of para-hydroxylation sites is 5. The van der Waals surface area contributed by atoms with E-state index in [9.17, 15) is 0 Å². The number of benzene rings is 14. The van der Waals surface area contributed by atoms with Gasteiger partial charge in [0.05, 0.1) is 43.4 Å². The van der Waals surface area contributed by atoms with E-state index in [1.807, 2.05) is 54.6 Å². The molecule has 8 aromatic heterocycles. The van der Waals surface area contributed by atoms with Crippen LogP contribution in [0.3, 0.4) is 0 Å². The van der Waals surface area contributed by atoms with Crippen molar-refractivity contribution < 1.29 is 13.3 Å². The van der Waals surface area contributed by atoms with Crippen molar-refractivity contribution >= 4 is 184 Å². The zero-order valence-corrected chi connectivity index (χ0v) is 50.7. The zero-order chi connectivity index (χ0) is 61.3. The van der Waals surface area contributed by atoms with Gasteiger partial charge in [0.15, 0.2) is 28.9 Å². The van der Waals surface area contributed by atoms with Gasteiger partial charge in [-0.3, -0.25) is 9.13 Å². The Kier molecular flexibility index (Phi) is 10.6. The van der Waals surface area contributed by atoms with Crippen LogP contribution in [0.1, 0.15) is 0 Å². The van der Waals surface area contributed by atoms with Crippen molar-refractivity contribution in [2.75, 3.05) is 0 Å². The number of aromatic nitrogens is 6. The van der Waals surface area contributed by atoms with E-state index in [1.165, 1.54) is 47.8 Å². The SMILES string of the molecule is c1ccc2cc3c(cc2c1)c1c2ccccc2ccc1n3-c1nc(-c2cccc3c2oc2ccccc23)nc2c1sc1ccccc12.c1ccc2cc3c(cc2c1)c1cc2ccccc2cc1n3-c1nc(-c2cccc3c2oc2ccccc23)nc2c1oc1ccccc12. The summed E-state index contributed by atoms with van der Waals surface area (Å²) in [6, 6.07) is 98.0. The van der Waals surface area contributed by atoms with Crippen LogP contribution in [0.5, 0.6) is 0 Å². The standard InChI is InChI=1S/C42H23N3O2.C42H23N3OS/c1-3-12-26-22-34-32(20-24(26)10-1)33-21-25-11-2-4-13-27(25)23-35(33)45(34)42-40-38(30-15-6-8-19-37(30)47-40)43-41(44-42)31-17-9-16-29-28-14-5-7-18-36(28)46-39(29)31;1-2-12-26-23-34-32(22-25(26)11-1)37-27-13-4-3-10-24(27)20-21-33(37)45(34)42-40-38(30-15-6-8-19-36(30)47-40)43-41(44-42)31-17-9-16-29-28-14-5-7-18-35(28)46-39(29)31/h2*1-23H. The maximum absolute atomic E-state index is 6.64. The molecular formula is C84H46N6O3S. The van der Waals surface area contributed by atoms with E-state index >= 15 is 0 Å². The molecule has 0 fully saturated rings. The fraction of sp³-hybridized carbons (Fsp3) is 0. The summed E-state index contributed by atoms with van der Waals surface area (Å²) in [5, 5.41) is 20.7. The van der Waals surface area contributed by atoms with Crippen molar-refractivity contribution in [2.45, 2.75) is 0 Å². The minimum atomic E-state index is 0.584. The predicted octanol–water partition coefficient (Wildman–Crippen LogP) is 23.2. The molecule has 0 radical (unpaired) electrons. The van der Waals surface area contributed by atoms with E-state index in [0.29, 0.717) is 23.0 Å². The van der Waals surface area contributed by atoms with Crippen LogP contribution in [0.25, 0.3) is 207 Å². The first-order valence-electron chi connectivity index (χ1n) is 31.5. The highest BCUT2D eigenvalue weighted by Gasteiger charge is 2.27. The smallest absolute Gasteiger partial charge is 0.197 e. The van der Waals surface area contributed by atoms with Crippen LogP contribution in [-0.4, -0.2) is 29.1 Å². The van der Waals surface area contributed by atoms with E-state index in [4.69, 9.17) is 33.2 Å². The molecular weight excluding hydrogens is 1170 g/mol. The molecule has 0 N–H and O–H groups in total. The summed E-state index contributed by atoms with van der Waals surface area (Å²) in [5.41, 5.74) is 12.5. The molecule has 0 saturated heterocycles. The largest absolute Gasteiger partial charge is 0.455 e. The van der Waals surface area contributed by atoms with Gasteiger partial charge in [0.1, 0.15) is 33.4 Å². The van der Waals surface area contributed by atoms with Gasteiger partial charge in [-0.25, -0.2) is 19.9 Å². The number of thiophene rings is 1. The molecule has 0 aliphatic carbocycles. The highest BCUT2D eigenvalue weighted by atomic mass is 32.1. The third kappa shape index (κ3) is 7.45. The van der Waals surface area contributed by atoms with Crippen LogP contribution in [-0.2, 0) is 0 Å². The van der Waals surface area contributed by atoms with E-state index in [1.54, 1.807) is 11.3 Å². The molecule has 94 heavy (non-hydrogen) atoms. The number of hydrogen-bond donors (Lipinski definition) is 0. The first kappa shape index (κ1) is 51.3. The third-order valence-corrected chi connectivity index (χ3v) is 20.3. The highest BCUT2D eigenvalue weighted by Crippen LogP contribution is 2.46. The molecule has 14 aromatic carbocycles. The Labute approximate surface area is 536 Å². The molecule has 0 saturated carbocycles. The second-order valence-corrected chi connectivity index (χ2v) is 25.4. The molecule has 0 atom stereocenters. The Balaban J connectivity index is 0.000000126. The van der Waals surface area contributed by atoms with Gasteiger partial charge in [-0.15, -0.1) is 11.3 Å². The minimum Gasteiger partial charge on any atom is -0.455 e. The lowest BCUT2D eigenvalue weighted by molar-refractivity contribution is 0.661. The van der Waals surface area contributed by atoms with Gasteiger partial charge in [0, 0.05) is 58.6 Å². The van der Waals surface area contributed by atoms with Crippen molar-refractivity contribution in [1.82, 2.24) is 29.1 Å². The van der Waals surface area contributed by atoms with E-state index < -0.39 is 0 Å². The van der Waals surface area contributed by atoms with Crippen LogP contribution in [0.4, 0.5) is 0 Å². The summed E-state index contributed by atoms with van der Waals surface area (Å²) in [7, 11) is 0. The van der Waals surface area contributed by atoms with Gasteiger partial charge in [0.25, 0.3) is 0 Å². The Morgan fingerprint density at radius 1 is 0.266 bits per heavy atom. The molecule has 22 aromatic rings. The van der Waals surface area contributed by atoms with Gasteiger partial charge in [-0.2, -0.15) is 0 Å². The normalized spacial score (nSPS) is 12.3. The molecule has 0 aliphatic rings. The van der Waals surface area contributed by atoms with E-state index in [2.05, 4.69) is 234 Å². The Morgan fingerprint density at radius 2 is 0.681 bits per heavy atom. The van der Waals surface area contributed by atoms with Gasteiger partial charge in [-0.05, 0) is 128 Å². The maximum atomic E-state index is 6.64. The quantitative estimate of drug-likeness (QED) is 0.173. The van der Waals surface area contributed by atoms with Crippen molar-refractivity contribution in [3.8, 4) is 34.4 Å². The average molecular weight is 1220 g/mol. The van der Waals surface area contributed by atoms with Crippen molar-refractivity contribution in [1.29, 1.82) is 0 Å². The molecule has 436 valence electrons. The third-order valence-electron chi connectivity index (χ3n) is 19.1. The summed E-state index contributed by atoms with van der Waals surface area (Å²) in [4.78, 5) is 21.4. The average Bonchev–Trinajstić information content (AvgIpc) is 1.65. The summed E-state index contributed by atoms with van der Waals surface area (Å²) in [6.45, 7) is 0. The second-order valence-electron chi connectivity index (χ2n) is 24.4. The predicted molar refractivity (Wildman–Crippen MR) is 388 cm³/mol. The van der Waals surface area contributed by atoms with Gasteiger partial charge in [0.2, 0.25) is 0 Å². The summed E-state index contributed by atoms with van der Waals surface area (Å²) in [6.07, 6.45) is 0. The van der Waals surface area contributed by atoms with Crippen molar-refractivity contribution in [3.05, 3.63) is 279 Å². The van der Waals surface area contributed by atoms with Crippen LogP contribution in [0, 0.1) is 0 Å². The van der Waals surface area contributed by atoms with E-state index in [0.717, 1.165) is 137 Å². The number of rotatable bonds is 4. The molecule has 8 heterocycles. The molecule has 9 nitrogen and oxygen atoms in total. The van der Waals surface area contributed by atoms with Crippen LogP contribution in [0.15, 0.2) is 292 Å². The van der Waals surface area contributed by atoms with Gasteiger partial charge >= 0.3 is 0 Å². The fourth-order valence-corrected chi connectivity index (χ4v) is 16.0. The molecule has 10 heteroatoms. The number of hydrogen-bond acceptors (Lipinski definition) is 8. The van der Waals surface area contributed by atoms with Crippen LogP contribution >= 0.6 is 11.3 Å². The number of fused-ring (bicyclic) bond motifs is 23. The molecule has 0 spiro atoms. The highest BCUT2D eigenvalue weighted by molar-refractivity contribution is 7.26. The van der Waals surface area contributed by atoms with Crippen molar-refractivity contribution in [3.63, 3.8) is 0 Å². The summed E-state index contributed by atoms with van der Waals surface area (Å²) in [5.74, 6) is 2.81. The maximum Gasteiger partial charge on any atom is 0.197 e. The molecule has 0 bridgehead atoms. The Hall–Kier alpha value is -12.5. The van der Waals surface area contributed by atoms with E-state index in [-0.39, 0.29) is 0 Å². The van der Waals surface area contributed by atoms with Crippen LogP contribution in [0.2, 0.25) is 0 Å². The Morgan fingerprint density at radius 3 is 1.27 bits per heavy atom. The lowest BCUT2D eigenvalue weighted by Crippen LogP contribution is -2.02. The van der Waals surface area contributed by atoms with Gasteiger partial charge in [-0.1, -0.05) is 194 Å². The molecule has 22 rings (SSSR count). The Bertz CT molecular complexity index is 6690. The van der Waals surface area contributed by atoms with Crippen molar-refractivity contribution in [2.24, 2.45) is 0 Å². The summed E-state index contributed by atoms with van der Waals surface area (Å²) < 4.78 is 26.5. The fourth-order valence-electron chi connectivity index (χ4n) is 14.9. The monoisotopic (exact) mass is 1220 g/mol. The lowest BCUT2D eigenvalue weighted by atomic mass is 10.0. The topological polar surface area (TPSA) is 101 Å². The minimum absolute atomic E-state index is 0.584. The first-order chi connectivity index (χ1) is 46.6. The molecule has 0 unspecified atom stereocenters. The number of nitrogens with zero attached hydrogens (tertiary/aromatic N) is 6. The molecule has 0 aliphatic heterocycles. The van der Waals surface area contributed by atoms with Crippen LogP contribution < -0.4 is 0 Å². The van der Waals surface area contributed by atoms with Gasteiger partial charge < -0.3 is 13.3 Å². The molecule has 0 amide bonds. The summed E-state index contributed by atoms with van der Waals surface area (Å²) >= 11 is 1.75.